The van der Waals surface area contributed by atoms with Crippen LogP contribution in [0.5, 0.6) is 0 Å². The minimum Gasteiger partial charge on any atom is -0.351 e. The molecule has 0 unspecified atom stereocenters. The molecule has 0 radical (unpaired) electrons. The Kier molecular flexibility index (Phi) is 4.13. The lowest BCUT2D eigenvalue weighted by Crippen LogP contribution is -2.23. The molecule has 0 saturated heterocycles. The third-order valence-corrected chi connectivity index (χ3v) is 5.70. The molecule has 0 aliphatic carbocycles. The van der Waals surface area contributed by atoms with Crippen molar-refractivity contribution >= 4 is 29.0 Å². The summed E-state index contributed by atoms with van der Waals surface area (Å²) in [5.74, 6) is 1.03. The first-order valence-corrected chi connectivity index (χ1v) is 8.73. The number of rotatable bonds is 4. The van der Waals surface area contributed by atoms with Crippen molar-refractivity contribution in [2.75, 3.05) is 6.54 Å². The van der Waals surface area contributed by atoms with Gasteiger partial charge in [-0.3, -0.25) is 4.79 Å². The predicted octanol–water partition coefficient (Wildman–Crippen LogP) is 4.55. The Hall–Kier alpha value is -1.26. The Labute approximate surface area is 127 Å². The van der Waals surface area contributed by atoms with Crippen LogP contribution in [0.3, 0.4) is 0 Å². The van der Waals surface area contributed by atoms with E-state index in [4.69, 9.17) is 0 Å². The van der Waals surface area contributed by atoms with Crippen LogP contribution in [0.25, 0.3) is 10.4 Å². The van der Waals surface area contributed by atoms with Crippen molar-refractivity contribution < 1.29 is 4.79 Å². The first-order valence-electron chi connectivity index (χ1n) is 6.92. The molecule has 4 heteroatoms. The van der Waals surface area contributed by atoms with E-state index in [9.17, 15) is 4.79 Å². The number of unbranched alkanes of at least 4 members (excludes halogenated alkanes) is 1. The zero-order chi connectivity index (χ0) is 13.9. The van der Waals surface area contributed by atoms with Gasteiger partial charge in [0.05, 0.1) is 4.88 Å². The van der Waals surface area contributed by atoms with E-state index in [-0.39, 0.29) is 5.91 Å². The Bertz CT molecular complexity index is 633. The van der Waals surface area contributed by atoms with Gasteiger partial charge in [0.15, 0.2) is 0 Å². The Morgan fingerprint density at radius 3 is 3.05 bits per heavy atom. The molecule has 0 fully saturated rings. The van der Waals surface area contributed by atoms with Gasteiger partial charge in [-0.25, -0.2) is 0 Å². The number of thioether (sulfide) groups is 1. The van der Waals surface area contributed by atoms with Gasteiger partial charge >= 0.3 is 0 Å². The smallest absolute Gasteiger partial charge is 0.261 e. The Balaban J connectivity index is 1.85. The minimum absolute atomic E-state index is 0.0698. The molecule has 0 bridgehead atoms. The van der Waals surface area contributed by atoms with E-state index in [2.05, 4.69) is 42.6 Å². The number of fused-ring (bicyclic) bond motifs is 3. The normalized spacial score (nSPS) is 12.7. The quantitative estimate of drug-likeness (QED) is 0.840. The second-order valence-electron chi connectivity index (χ2n) is 4.86. The largest absolute Gasteiger partial charge is 0.351 e. The lowest BCUT2D eigenvalue weighted by molar-refractivity contribution is 0.0957. The molecule has 104 valence electrons. The molecule has 0 saturated carbocycles. The number of carbonyl (C=O) groups excluding carboxylic acids is 1. The maximum Gasteiger partial charge on any atom is 0.261 e. The summed E-state index contributed by atoms with van der Waals surface area (Å²) < 4.78 is 0. The van der Waals surface area contributed by atoms with Crippen LogP contribution < -0.4 is 5.32 Å². The molecule has 0 atom stereocenters. The SMILES string of the molecule is CCCCNC(=O)c1cc2c(s1)-c1ccccc1SC2. The van der Waals surface area contributed by atoms with Gasteiger partial charge in [-0.05, 0) is 24.1 Å². The van der Waals surface area contributed by atoms with Gasteiger partial charge in [0.25, 0.3) is 5.91 Å². The van der Waals surface area contributed by atoms with Gasteiger partial charge in [0.1, 0.15) is 0 Å². The van der Waals surface area contributed by atoms with Crippen molar-refractivity contribution in [1.29, 1.82) is 0 Å². The van der Waals surface area contributed by atoms with Gasteiger partial charge in [-0.15, -0.1) is 23.1 Å². The highest BCUT2D eigenvalue weighted by molar-refractivity contribution is 7.98. The van der Waals surface area contributed by atoms with Crippen molar-refractivity contribution in [2.24, 2.45) is 0 Å². The second kappa shape index (κ2) is 6.02. The molecule has 1 aliphatic heterocycles. The van der Waals surface area contributed by atoms with E-state index >= 15 is 0 Å². The summed E-state index contributed by atoms with van der Waals surface area (Å²) in [6.07, 6.45) is 2.14. The third-order valence-electron chi connectivity index (χ3n) is 3.36. The van der Waals surface area contributed by atoms with Crippen LogP contribution in [0.2, 0.25) is 0 Å². The average molecular weight is 303 g/mol. The van der Waals surface area contributed by atoms with E-state index in [0.29, 0.717) is 0 Å². The van der Waals surface area contributed by atoms with Gasteiger partial charge in [0.2, 0.25) is 0 Å². The van der Waals surface area contributed by atoms with Crippen molar-refractivity contribution in [3.05, 3.63) is 40.8 Å². The molecule has 1 N–H and O–H groups in total. The molecule has 0 spiro atoms. The third kappa shape index (κ3) is 2.63. The Morgan fingerprint density at radius 1 is 1.35 bits per heavy atom. The minimum atomic E-state index is 0.0698. The molecule has 1 aliphatic rings. The summed E-state index contributed by atoms with van der Waals surface area (Å²) in [6, 6.07) is 10.5. The topological polar surface area (TPSA) is 29.1 Å². The van der Waals surface area contributed by atoms with E-state index < -0.39 is 0 Å². The van der Waals surface area contributed by atoms with Crippen LogP contribution in [0.1, 0.15) is 35.0 Å². The second-order valence-corrected chi connectivity index (χ2v) is 6.93. The summed E-state index contributed by atoms with van der Waals surface area (Å²) >= 11 is 3.47. The van der Waals surface area contributed by atoms with Crippen molar-refractivity contribution in [3.8, 4) is 10.4 Å². The van der Waals surface area contributed by atoms with Gasteiger partial charge < -0.3 is 5.32 Å². The molecule has 2 nitrogen and oxygen atoms in total. The first-order chi connectivity index (χ1) is 9.79. The molecule has 2 heterocycles. The zero-order valence-corrected chi connectivity index (χ0v) is 13.1. The summed E-state index contributed by atoms with van der Waals surface area (Å²) in [5, 5.41) is 3.00. The van der Waals surface area contributed by atoms with E-state index in [0.717, 1.165) is 30.0 Å². The number of nitrogens with one attached hydrogen (secondary N) is 1. The number of thiophene rings is 1. The summed E-state index contributed by atoms with van der Waals surface area (Å²) in [5.41, 5.74) is 2.57. The summed E-state index contributed by atoms with van der Waals surface area (Å²) in [6.45, 7) is 2.90. The predicted molar refractivity (Wildman–Crippen MR) is 86.6 cm³/mol. The monoisotopic (exact) mass is 303 g/mol. The fourth-order valence-corrected chi connectivity index (χ4v) is 4.61. The van der Waals surface area contributed by atoms with E-state index in [1.807, 2.05) is 11.8 Å². The van der Waals surface area contributed by atoms with Crippen molar-refractivity contribution in [3.63, 3.8) is 0 Å². The van der Waals surface area contributed by atoms with Crippen LogP contribution in [0, 0.1) is 0 Å². The van der Waals surface area contributed by atoms with Crippen LogP contribution in [-0.4, -0.2) is 12.5 Å². The average Bonchev–Trinajstić information content (AvgIpc) is 2.92. The lowest BCUT2D eigenvalue weighted by Gasteiger charge is -2.14. The Morgan fingerprint density at radius 2 is 2.20 bits per heavy atom. The molecular weight excluding hydrogens is 286 g/mol. The number of amides is 1. The van der Waals surface area contributed by atoms with Gasteiger partial charge in [-0.2, -0.15) is 0 Å². The fraction of sp³-hybridized carbons (Fsp3) is 0.312. The van der Waals surface area contributed by atoms with Crippen molar-refractivity contribution in [2.45, 2.75) is 30.4 Å². The molecule has 1 amide bonds. The first kappa shape index (κ1) is 13.7. The molecular formula is C16H17NOS2. The fourth-order valence-electron chi connectivity index (χ4n) is 2.28. The summed E-state index contributed by atoms with van der Waals surface area (Å²) in [4.78, 5) is 15.6. The van der Waals surface area contributed by atoms with E-state index in [1.165, 1.54) is 20.9 Å². The highest BCUT2D eigenvalue weighted by Crippen LogP contribution is 2.45. The zero-order valence-electron chi connectivity index (χ0n) is 11.4. The molecule has 1 aromatic heterocycles. The van der Waals surface area contributed by atoms with E-state index in [1.54, 1.807) is 11.3 Å². The van der Waals surface area contributed by atoms with Crippen LogP contribution in [0.15, 0.2) is 35.2 Å². The maximum atomic E-state index is 12.1. The van der Waals surface area contributed by atoms with Gasteiger partial charge in [0, 0.05) is 27.6 Å². The van der Waals surface area contributed by atoms with Crippen molar-refractivity contribution in [1.82, 2.24) is 5.32 Å². The molecule has 3 rings (SSSR count). The number of hydrogen-bond donors (Lipinski definition) is 1. The lowest BCUT2D eigenvalue weighted by atomic mass is 10.1. The number of benzene rings is 1. The number of carbonyl (C=O) groups is 1. The highest BCUT2D eigenvalue weighted by Gasteiger charge is 2.21. The van der Waals surface area contributed by atoms with Gasteiger partial charge in [-0.1, -0.05) is 31.5 Å². The summed E-state index contributed by atoms with van der Waals surface area (Å²) in [7, 11) is 0. The molecule has 1 aromatic carbocycles. The standard InChI is InChI=1S/C16H17NOS2/c1-2-3-8-17-16(18)14-9-11-10-19-13-7-5-4-6-12(13)15(11)20-14/h4-7,9H,2-3,8,10H2,1H3,(H,17,18). The van der Waals surface area contributed by atoms with Crippen LogP contribution in [-0.2, 0) is 5.75 Å². The highest BCUT2D eigenvalue weighted by atomic mass is 32.2. The number of hydrogen-bond acceptors (Lipinski definition) is 3. The maximum absolute atomic E-state index is 12.1. The van der Waals surface area contributed by atoms with Crippen LogP contribution >= 0.6 is 23.1 Å². The molecule has 2 aromatic rings. The van der Waals surface area contributed by atoms with Crippen LogP contribution in [0.4, 0.5) is 0 Å². The molecule has 20 heavy (non-hydrogen) atoms.